The first-order valence-electron chi connectivity index (χ1n) is 21.4. The van der Waals surface area contributed by atoms with Crippen molar-refractivity contribution in [1.82, 2.24) is 5.32 Å². The minimum absolute atomic E-state index is 0.568. The first kappa shape index (κ1) is 33.6. The monoisotopic (exact) mass is 757 g/mol. The predicted octanol–water partition coefficient (Wildman–Crippen LogP) is 11.9. The van der Waals surface area contributed by atoms with Gasteiger partial charge in [0.15, 0.2) is 0 Å². The van der Waals surface area contributed by atoms with Gasteiger partial charge < -0.3 is 5.11 Å². The van der Waals surface area contributed by atoms with Crippen LogP contribution in [0.2, 0.25) is 0 Å². The summed E-state index contributed by atoms with van der Waals surface area (Å²) in [5, 5.41) is 17.8. The highest BCUT2D eigenvalue weighted by atomic mass is 16.3. The third kappa shape index (κ3) is 4.65. The van der Waals surface area contributed by atoms with Crippen LogP contribution in [0.5, 0.6) is 0 Å². The fourth-order valence-corrected chi connectivity index (χ4v) is 12.5. The summed E-state index contributed by atoms with van der Waals surface area (Å²) >= 11 is 0. The molecule has 1 heterocycles. The Kier molecular flexibility index (Phi) is 7.04. The third-order valence-electron chi connectivity index (χ3n) is 14.8. The molecule has 0 atom stereocenters. The SMILES string of the molecule is OC1CC(c2cccc3c2Cc2ccccc2-3)(c2cccc3c2Cc2ccccc2-3)NC(c2cccc3c2Cc2ccccc2-3)(c2cccc3c2Cc2ccccc2-3)C1. The lowest BCUT2D eigenvalue weighted by atomic mass is 9.63. The van der Waals surface area contributed by atoms with Gasteiger partial charge in [-0.3, -0.25) is 5.32 Å². The van der Waals surface area contributed by atoms with E-state index in [1.807, 2.05) is 0 Å². The van der Waals surface area contributed by atoms with E-state index in [2.05, 4.69) is 170 Å². The molecular weight excluding hydrogens is 715 g/mol. The molecule has 2 N–H and O–H groups in total. The Morgan fingerprint density at radius 2 is 0.576 bits per heavy atom. The van der Waals surface area contributed by atoms with E-state index in [0.29, 0.717) is 12.8 Å². The highest BCUT2D eigenvalue weighted by Gasteiger charge is 2.55. The molecule has 13 rings (SSSR count). The topological polar surface area (TPSA) is 32.3 Å². The summed E-state index contributed by atoms with van der Waals surface area (Å²) in [6.45, 7) is 0. The van der Waals surface area contributed by atoms with Crippen molar-refractivity contribution < 1.29 is 5.11 Å². The fraction of sp³-hybridized carbons (Fsp3) is 0.158. The summed E-state index contributed by atoms with van der Waals surface area (Å²) < 4.78 is 0. The van der Waals surface area contributed by atoms with Crippen LogP contribution in [0, 0.1) is 0 Å². The maximum atomic E-state index is 13.1. The van der Waals surface area contributed by atoms with Gasteiger partial charge in [0, 0.05) is 0 Å². The number of hydrogen-bond donors (Lipinski definition) is 2. The molecule has 0 saturated carbocycles. The van der Waals surface area contributed by atoms with Crippen molar-refractivity contribution in [1.29, 1.82) is 0 Å². The molecule has 1 saturated heterocycles. The lowest BCUT2D eigenvalue weighted by Gasteiger charge is -2.54. The number of aliphatic hydroxyl groups excluding tert-OH is 1. The minimum Gasteiger partial charge on any atom is -0.393 e. The zero-order valence-electron chi connectivity index (χ0n) is 32.9. The van der Waals surface area contributed by atoms with Crippen LogP contribution in [0.25, 0.3) is 44.5 Å². The van der Waals surface area contributed by atoms with Gasteiger partial charge in [0.2, 0.25) is 0 Å². The second-order valence-corrected chi connectivity index (χ2v) is 17.7. The quantitative estimate of drug-likeness (QED) is 0.187. The third-order valence-corrected chi connectivity index (χ3v) is 14.8. The number of rotatable bonds is 4. The molecule has 0 unspecified atom stereocenters. The van der Waals surface area contributed by atoms with E-state index in [9.17, 15) is 5.11 Å². The maximum Gasteiger partial charge on any atom is 0.0730 e. The number of hydrogen-bond acceptors (Lipinski definition) is 2. The molecule has 0 bridgehead atoms. The largest absolute Gasteiger partial charge is 0.393 e. The molecular formula is C57H43NO. The van der Waals surface area contributed by atoms with Crippen LogP contribution < -0.4 is 5.32 Å². The summed E-state index contributed by atoms with van der Waals surface area (Å²) in [5.41, 5.74) is 25.2. The second-order valence-electron chi connectivity index (χ2n) is 17.7. The molecule has 0 aromatic heterocycles. The number of aliphatic hydroxyl groups is 1. The lowest BCUT2D eigenvalue weighted by molar-refractivity contribution is 0.0379. The molecule has 0 radical (unpaired) electrons. The molecule has 0 spiro atoms. The van der Waals surface area contributed by atoms with E-state index in [0.717, 1.165) is 25.7 Å². The van der Waals surface area contributed by atoms with E-state index >= 15 is 0 Å². The normalized spacial score (nSPS) is 17.0. The Balaban J connectivity index is 1.12. The molecule has 1 aliphatic heterocycles. The van der Waals surface area contributed by atoms with Crippen molar-refractivity contribution in [3.63, 3.8) is 0 Å². The molecule has 8 aromatic rings. The van der Waals surface area contributed by atoms with Gasteiger partial charge in [0.1, 0.15) is 0 Å². The zero-order valence-corrected chi connectivity index (χ0v) is 32.9. The van der Waals surface area contributed by atoms with Crippen LogP contribution in [0.15, 0.2) is 170 Å². The van der Waals surface area contributed by atoms with Gasteiger partial charge in [-0.15, -0.1) is 0 Å². The van der Waals surface area contributed by atoms with Crippen LogP contribution in [0.1, 0.15) is 79.6 Å². The van der Waals surface area contributed by atoms with Crippen molar-refractivity contribution in [3.05, 3.63) is 237 Å². The van der Waals surface area contributed by atoms with Crippen molar-refractivity contribution in [3.8, 4) is 44.5 Å². The second kappa shape index (κ2) is 12.3. The summed E-state index contributed by atoms with van der Waals surface area (Å²) in [6, 6.07) is 63.7. The van der Waals surface area contributed by atoms with Crippen LogP contribution in [-0.2, 0) is 36.8 Å². The van der Waals surface area contributed by atoms with Gasteiger partial charge in [-0.1, -0.05) is 170 Å². The molecule has 59 heavy (non-hydrogen) atoms. The summed E-state index contributed by atoms with van der Waals surface area (Å²) in [7, 11) is 0. The number of piperidine rings is 1. The average molecular weight is 758 g/mol. The van der Waals surface area contributed by atoms with Crippen molar-refractivity contribution >= 4 is 0 Å². The summed E-state index contributed by atoms with van der Waals surface area (Å²) in [4.78, 5) is 0. The number of fused-ring (bicyclic) bond motifs is 12. The van der Waals surface area contributed by atoms with Crippen LogP contribution in [0.3, 0.4) is 0 Å². The van der Waals surface area contributed by atoms with E-state index < -0.39 is 17.2 Å². The molecule has 1 fully saturated rings. The Labute approximate surface area is 345 Å². The van der Waals surface area contributed by atoms with Gasteiger partial charge in [0.05, 0.1) is 17.2 Å². The Morgan fingerprint density at radius 3 is 0.864 bits per heavy atom. The van der Waals surface area contributed by atoms with Gasteiger partial charge in [-0.25, -0.2) is 0 Å². The molecule has 8 aromatic carbocycles. The zero-order chi connectivity index (χ0) is 38.9. The first-order chi connectivity index (χ1) is 29.1. The van der Waals surface area contributed by atoms with Crippen LogP contribution in [0.4, 0.5) is 0 Å². The van der Waals surface area contributed by atoms with Crippen LogP contribution >= 0.6 is 0 Å². The highest BCUT2D eigenvalue weighted by Crippen LogP contribution is 2.57. The molecule has 0 amide bonds. The molecule has 282 valence electrons. The average Bonchev–Trinajstić information content (AvgIpc) is 4.06. The Morgan fingerprint density at radius 1 is 0.322 bits per heavy atom. The Bertz CT molecular complexity index is 2680. The molecule has 2 heteroatoms. The van der Waals surface area contributed by atoms with Gasteiger partial charge >= 0.3 is 0 Å². The lowest BCUT2D eigenvalue weighted by Crippen LogP contribution is -2.63. The van der Waals surface area contributed by atoms with Crippen LogP contribution in [-0.4, -0.2) is 11.2 Å². The van der Waals surface area contributed by atoms with E-state index in [4.69, 9.17) is 5.32 Å². The van der Waals surface area contributed by atoms with Gasteiger partial charge in [-0.05, 0) is 150 Å². The Hall–Kier alpha value is -6.32. The van der Waals surface area contributed by atoms with Crippen molar-refractivity contribution in [2.45, 2.75) is 55.7 Å². The smallest absolute Gasteiger partial charge is 0.0730 e. The van der Waals surface area contributed by atoms with E-state index in [1.54, 1.807) is 0 Å². The first-order valence-corrected chi connectivity index (χ1v) is 21.4. The van der Waals surface area contributed by atoms with Gasteiger partial charge in [0.25, 0.3) is 0 Å². The van der Waals surface area contributed by atoms with Gasteiger partial charge in [-0.2, -0.15) is 0 Å². The number of benzene rings is 8. The van der Waals surface area contributed by atoms with E-state index in [1.165, 1.54) is 111 Å². The highest BCUT2D eigenvalue weighted by molar-refractivity contribution is 5.84. The molecule has 4 aliphatic carbocycles. The predicted molar refractivity (Wildman–Crippen MR) is 239 cm³/mol. The summed E-state index contributed by atoms with van der Waals surface area (Å²) in [5.74, 6) is 0. The number of nitrogens with one attached hydrogen (secondary N) is 1. The standard InChI is InChI=1S/C57H43NO/c59-39-33-56(52-25-9-21-44-40-17-5-1-13-35(40)29-48(44)52,53-26-10-22-45-41-18-6-2-14-36(41)30-49(45)53)58-57(34-39,54-27-11-23-46-42-19-7-3-15-37(42)31-50(46)54)55-28-12-24-47-43-20-8-4-16-38(43)32-51(47)55/h1-28,39,58-59H,29-34H2. The summed E-state index contributed by atoms with van der Waals surface area (Å²) in [6.07, 6.45) is 4.02. The van der Waals surface area contributed by atoms with Crippen molar-refractivity contribution in [2.24, 2.45) is 0 Å². The molecule has 2 nitrogen and oxygen atoms in total. The minimum atomic E-state index is -0.735. The van der Waals surface area contributed by atoms with Crippen molar-refractivity contribution in [2.75, 3.05) is 0 Å². The fourth-order valence-electron chi connectivity index (χ4n) is 12.5. The van der Waals surface area contributed by atoms with E-state index in [-0.39, 0.29) is 0 Å². The maximum absolute atomic E-state index is 13.1. The molecule has 5 aliphatic rings.